The molecule has 0 bridgehead atoms. The predicted molar refractivity (Wildman–Crippen MR) is 95.7 cm³/mol. The van der Waals surface area contributed by atoms with Crippen molar-refractivity contribution in [2.45, 2.75) is 11.4 Å². The van der Waals surface area contributed by atoms with Crippen LogP contribution in [-0.4, -0.2) is 70.6 Å². The summed E-state index contributed by atoms with van der Waals surface area (Å²) in [6, 6.07) is -1.20. The minimum atomic E-state index is -4.75. The average molecular weight is 424 g/mol. The summed E-state index contributed by atoms with van der Waals surface area (Å²) in [6.45, 7) is 0.212. The van der Waals surface area contributed by atoms with Crippen molar-refractivity contribution in [3.8, 4) is 0 Å². The number of rotatable bonds is 8. The van der Waals surface area contributed by atoms with E-state index in [1.165, 1.54) is 12.5 Å². The number of amides is 2. The Kier molecular flexibility index (Phi) is 6.40. The van der Waals surface area contributed by atoms with Crippen LogP contribution in [0.25, 0.3) is 0 Å². The van der Waals surface area contributed by atoms with E-state index in [1.54, 1.807) is 0 Å². The van der Waals surface area contributed by atoms with Crippen molar-refractivity contribution in [1.82, 2.24) is 14.6 Å². The molecule has 0 radical (unpaired) electrons. The zero-order valence-electron chi connectivity index (χ0n) is 13.4. The highest BCUT2D eigenvalue weighted by molar-refractivity contribution is 8.00. The third-order valence-corrected chi connectivity index (χ3v) is 6.11. The lowest BCUT2D eigenvalue weighted by Gasteiger charge is -2.43. The third-order valence-electron chi connectivity index (χ3n) is 3.10. The maximum atomic E-state index is 12.5. The van der Waals surface area contributed by atoms with E-state index >= 15 is 0 Å². The van der Waals surface area contributed by atoms with Gasteiger partial charge in [-0.2, -0.15) is 12.7 Å². The number of thiazole rings is 1. The smallest absolute Gasteiger partial charge is 0.363 e. The van der Waals surface area contributed by atoms with Gasteiger partial charge in [-0.15, -0.1) is 23.1 Å². The second-order valence-corrected chi connectivity index (χ2v) is 8.21. The Morgan fingerprint density at radius 3 is 2.81 bits per heavy atom. The SMILES string of the molecule is CO/N=C(\C(=O)N[C@@H]1C(=O)N(S(=O)(=O)O)[C@@H]1SCCN)c1csc(N)n1. The number of nitrogens with zero attached hydrogens (tertiary/aromatic N) is 3. The van der Waals surface area contributed by atoms with Crippen molar-refractivity contribution in [3.63, 3.8) is 0 Å². The van der Waals surface area contributed by atoms with Crippen LogP contribution >= 0.6 is 23.1 Å². The van der Waals surface area contributed by atoms with Crippen molar-refractivity contribution in [1.29, 1.82) is 0 Å². The zero-order valence-corrected chi connectivity index (χ0v) is 15.8. The highest BCUT2D eigenvalue weighted by Gasteiger charge is 2.54. The fraction of sp³-hybridized carbons (Fsp3) is 0.455. The number of aromatic nitrogens is 1. The average Bonchev–Trinajstić information content (AvgIpc) is 2.98. The highest BCUT2D eigenvalue weighted by Crippen LogP contribution is 2.32. The number of hydrogen-bond donors (Lipinski definition) is 4. The first kappa shape index (κ1) is 20.4. The summed E-state index contributed by atoms with van der Waals surface area (Å²) in [7, 11) is -3.53. The van der Waals surface area contributed by atoms with Gasteiger partial charge in [0.05, 0.1) is 0 Å². The fourth-order valence-corrected chi connectivity index (χ4v) is 4.85. The van der Waals surface area contributed by atoms with Crippen LogP contribution in [0, 0.1) is 0 Å². The van der Waals surface area contributed by atoms with Crippen molar-refractivity contribution in [2.75, 3.05) is 25.1 Å². The quantitative estimate of drug-likeness (QED) is 0.161. The molecule has 1 aliphatic rings. The lowest BCUT2D eigenvalue weighted by atomic mass is 10.1. The zero-order chi connectivity index (χ0) is 19.5. The number of hydrogen-bond acceptors (Lipinski definition) is 11. The van der Waals surface area contributed by atoms with E-state index < -0.39 is 33.5 Å². The highest BCUT2D eigenvalue weighted by atomic mass is 32.2. The molecule has 0 aromatic carbocycles. The summed E-state index contributed by atoms with van der Waals surface area (Å²) >= 11 is 2.07. The minimum absolute atomic E-state index is 0.136. The number of carbonyl (C=O) groups is 2. The molecule has 15 heteroatoms. The first-order chi connectivity index (χ1) is 12.2. The molecule has 0 aliphatic carbocycles. The molecule has 1 saturated heterocycles. The Morgan fingerprint density at radius 1 is 1.62 bits per heavy atom. The molecule has 1 aromatic heterocycles. The van der Waals surface area contributed by atoms with E-state index in [2.05, 4.69) is 20.3 Å². The Labute approximate surface area is 156 Å². The number of anilines is 1. The number of nitrogens with two attached hydrogens (primary N) is 2. The third kappa shape index (κ3) is 4.24. The molecule has 2 rings (SSSR count). The fourth-order valence-electron chi connectivity index (χ4n) is 2.07. The van der Waals surface area contributed by atoms with Crippen molar-refractivity contribution < 1.29 is 27.4 Å². The summed E-state index contributed by atoms with van der Waals surface area (Å²) in [4.78, 5) is 33.0. The summed E-state index contributed by atoms with van der Waals surface area (Å²) in [5, 5.41) is 6.58. The van der Waals surface area contributed by atoms with Gasteiger partial charge in [0, 0.05) is 17.7 Å². The molecular formula is C11H16N6O6S3. The van der Waals surface area contributed by atoms with Crippen molar-refractivity contribution >= 4 is 56.1 Å². The van der Waals surface area contributed by atoms with Gasteiger partial charge < -0.3 is 21.6 Å². The van der Waals surface area contributed by atoms with E-state index in [0.717, 1.165) is 23.1 Å². The summed E-state index contributed by atoms with van der Waals surface area (Å²) in [6.07, 6.45) is 0. The normalized spacial score (nSPS) is 20.7. The first-order valence-electron chi connectivity index (χ1n) is 6.96. The second kappa shape index (κ2) is 8.17. The number of carbonyl (C=O) groups excluding carboxylic acids is 2. The molecule has 0 saturated carbocycles. The maximum absolute atomic E-state index is 12.5. The number of nitrogens with one attached hydrogen (secondary N) is 1. The molecule has 1 fully saturated rings. The van der Waals surface area contributed by atoms with Crippen molar-refractivity contribution in [2.24, 2.45) is 10.9 Å². The van der Waals surface area contributed by atoms with E-state index in [9.17, 15) is 18.0 Å². The molecule has 12 nitrogen and oxygen atoms in total. The molecule has 2 atom stereocenters. The van der Waals surface area contributed by atoms with Gasteiger partial charge in [-0.25, -0.2) is 4.98 Å². The summed E-state index contributed by atoms with van der Waals surface area (Å²) in [5.41, 5.74) is 10.8. The van der Waals surface area contributed by atoms with Gasteiger partial charge >= 0.3 is 10.3 Å². The van der Waals surface area contributed by atoms with Crippen LogP contribution in [0.1, 0.15) is 5.69 Å². The van der Waals surface area contributed by atoms with E-state index in [1.807, 2.05) is 0 Å². The Bertz CT molecular complexity index is 824. The first-order valence-corrected chi connectivity index (χ1v) is 10.3. The Hall–Kier alpha value is -1.94. The lowest BCUT2D eigenvalue weighted by molar-refractivity contribution is -0.140. The lowest BCUT2D eigenvalue weighted by Crippen LogP contribution is -2.71. The largest absolute Gasteiger partial charge is 0.398 e. The maximum Gasteiger partial charge on any atom is 0.363 e. The van der Waals surface area contributed by atoms with Gasteiger partial charge in [0.15, 0.2) is 10.8 Å². The van der Waals surface area contributed by atoms with Gasteiger partial charge in [-0.05, 0) is 0 Å². The summed E-state index contributed by atoms with van der Waals surface area (Å²) < 4.78 is 32.1. The van der Waals surface area contributed by atoms with E-state index in [0.29, 0.717) is 5.75 Å². The topological polar surface area (TPSA) is 190 Å². The van der Waals surface area contributed by atoms with Gasteiger partial charge in [-0.1, -0.05) is 5.16 Å². The minimum Gasteiger partial charge on any atom is -0.398 e. The molecule has 0 unspecified atom stereocenters. The Morgan fingerprint density at radius 2 is 2.31 bits per heavy atom. The van der Waals surface area contributed by atoms with E-state index in [-0.39, 0.29) is 27.4 Å². The molecule has 2 amide bonds. The van der Waals surface area contributed by atoms with Gasteiger partial charge in [-0.3, -0.25) is 14.1 Å². The summed E-state index contributed by atoms with van der Waals surface area (Å²) in [5.74, 6) is -1.49. The van der Waals surface area contributed by atoms with Gasteiger partial charge in [0.25, 0.3) is 11.8 Å². The predicted octanol–water partition coefficient (Wildman–Crippen LogP) is -1.78. The standard InChI is InChI=1S/C11H16N6O6S3/c1-23-16-6(5-4-25-11(13)14-5)8(18)15-7-9(19)17(26(20,21)22)10(7)24-3-2-12/h4,7,10H,2-3,12H2,1H3,(H2,13,14)(H,15,18)(H,20,21,22)/b16-6-/t7-,10-/m1/s1. The number of β-lactam (4-membered cyclic amide) rings is 1. The molecular weight excluding hydrogens is 408 g/mol. The number of oxime groups is 1. The molecule has 1 aromatic rings. The molecule has 0 spiro atoms. The number of nitrogen functional groups attached to an aromatic ring is 1. The molecule has 1 aliphatic heterocycles. The molecule has 144 valence electrons. The van der Waals surface area contributed by atoms with Crippen LogP contribution < -0.4 is 16.8 Å². The number of thioether (sulfide) groups is 1. The van der Waals surface area contributed by atoms with Crippen LogP contribution in [0.4, 0.5) is 5.13 Å². The van der Waals surface area contributed by atoms with Gasteiger partial charge in [0.1, 0.15) is 24.2 Å². The van der Waals surface area contributed by atoms with Crippen LogP contribution in [0.2, 0.25) is 0 Å². The van der Waals surface area contributed by atoms with Crippen molar-refractivity contribution in [3.05, 3.63) is 11.1 Å². The van der Waals surface area contributed by atoms with Crippen LogP contribution in [0.15, 0.2) is 10.5 Å². The molecule has 6 N–H and O–H groups in total. The second-order valence-electron chi connectivity index (χ2n) is 4.81. The van der Waals surface area contributed by atoms with Gasteiger partial charge in [0.2, 0.25) is 0 Å². The van der Waals surface area contributed by atoms with E-state index in [4.69, 9.17) is 16.0 Å². The van der Waals surface area contributed by atoms with Crippen LogP contribution in [-0.2, 0) is 24.7 Å². The Balaban J connectivity index is 2.20. The molecule has 26 heavy (non-hydrogen) atoms. The van der Waals surface area contributed by atoms with Crippen LogP contribution in [0.3, 0.4) is 0 Å². The monoisotopic (exact) mass is 424 g/mol. The van der Waals surface area contributed by atoms with Crippen LogP contribution in [0.5, 0.6) is 0 Å². The molecule has 2 heterocycles.